The SMILES string of the molecule is FC(F)(F)c1cc([B-](c2cc(C(F)(F)F)cc(C(F)(F)F)c2)(c2cc(C(F)(F)F)cc(C(F)(F)F)c2)c2cc(C(F)(F)F)cc(C(F)(F)F)c2)cc(C(F)(F)F)c1.O=C(C[n+]1c(Oc2cccc(Cl)c2)ccc2ccccc21)c1ccccc1. The lowest BCUT2D eigenvalue weighted by molar-refractivity contribution is -0.661. The molecular formula is C55H29BClF24NO2. The largest absolute Gasteiger partial charge is 0.416 e. The number of halogens is 25. The molecule has 3 nitrogen and oxygen atoms in total. The van der Waals surface area contributed by atoms with Gasteiger partial charge in [0.25, 0.3) is 0 Å². The Morgan fingerprint density at radius 1 is 0.369 bits per heavy atom. The van der Waals surface area contributed by atoms with Gasteiger partial charge in [-0.1, -0.05) is 109 Å². The molecule has 0 bridgehead atoms. The van der Waals surface area contributed by atoms with Gasteiger partial charge in [-0.25, -0.2) is 0 Å². The van der Waals surface area contributed by atoms with Gasteiger partial charge in [0.2, 0.25) is 17.8 Å². The van der Waals surface area contributed by atoms with Crippen LogP contribution in [0.5, 0.6) is 11.6 Å². The number of carbonyl (C=O) groups is 1. The maximum absolute atomic E-state index is 14.2. The Balaban J connectivity index is 0.000000309. The molecule has 0 atom stereocenters. The predicted octanol–water partition coefficient (Wildman–Crippen LogP) is 16.7. The highest BCUT2D eigenvalue weighted by Crippen LogP contribution is 2.42. The monoisotopic (exact) mass is 1240 g/mol. The van der Waals surface area contributed by atoms with Crippen molar-refractivity contribution in [1.82, 2.24) is 0 Å². The number of alkyl halides is 24. The summed E-state index contributed by atoms with van der Waals surface area (Å²) in [5.74, 6) is 1.23. The number of para-hydroxylation sites is 1. The van der Waals surface area contributed by atoms with E-state index in [1.54, 1.807) is 12.1 Å². The van der Waals surface area contributed by atoms with Crippen LogP contribution in [0.2, 0.25) is 5.02 Å². The summed E-state index contributed by atoms with van der Waals surface area (Å²) in [6.07, 6.45) is -54.8. The summed E-state index contributed by atoms with van der Waals surface area (Å²) in [6, 6.07) is 19.5. The normalized spacial score (nSPS) is 13.2. The van der Waals surface area contributed by atoms with Crippen molar-refractivity contribution >= 4 is 56.3 Å². The standard InChI is InChI=1S/C32H12BF24.C23H17ClNO2/c34-25(35,36)13-1-14(26(37,38)39)6-21(5-13)33(22-7-15(27(40,41)42)2-16(8-22)28(43,44)45,23-9-17(29(46,47)48)3-18(10-23)30(49,50)51)24-11-19(31(52,53)54)4-20(12-24)32(55,56)57;24-19-10-6-11-20(15-19)27-23-14-13-17-7-4-5-12-21(17)25(23)16-22(26)18-8-2-1-3-9-18/h1-12H;1-15H,16H2/q-1;+1. The number of Topliss-reactive ketones (excluding diaryl/α,β-unsaturated/α-hetero) is 1. The molecule has 0 saturated heterocycles. The molecule has 0 saturated carbocycles. The molecule has 84 heavy (non-hydrogen) atoms. The van der Waals surface area contributed by atoms with Crippen molar-refractivity contribution in [3.63, 3.8) is 0 Å². The van der Waals surface area contributed by atoms with Crippen molar-refractivity contribution in [3.05, 3.63) is 219 Å². The van der Waals surface area contributed by atoms with Crippen LogP contribution >= 0.6 is 11.6 Å². The highest BCUT2D eigenvalue weighted by Gasteiger charge is 2.47. The zero-order valence-corrected chi connectivity index (χ0v) is 41.8. The molecule has 1 aromatic heterocycles. The molecule has 0 spiro atoms. The smallest absolute Gasteiger partial charge is 0.405 e. The quantitative estimate of drug-likeness (QED) is 0.0624. The zero-order chi connectivity index (χ0) is 62.6. The molecule has 29 heteroatoms. The van der Waals surface area contributed by atoms with Gasteiger partial charge in [-0.2, -0.15) is 132 Å². The van der Waals surface area contributed by atoms with Gasteiger partial charge in [0.1, 0.15) is 11.9 Å². The van der Waals surface area contributed by atoms with Crippen LogP contribution in [-0.4, -0.2) is 11.9 Å². The van der Waals surface area contributed by atoms with Gasteiger partial charge in [0.15, 0.2) is 0 Å². The second-order valence-corrected chi connectivity index (χ2v) is 18.8. The Morgan fingerprint density at radius 3 is 1.01 bits per heavy atom. The third kappa shape index (κ3) is 14.3. The van der Waals surface area contributed by atoms with Gasteiger partial charge in [-0.3, -0.25) is 4.79 Å². The molecule has 0 N–H and O–H groups in total. The molecule has 0 fully saturated rings. The minimum absolute atomic E-state index is 0.0212. The van der Waals surface area contributed by atoms with Gasteiger partial charge in [-0.15, -0.1) is 0 Å². The fraction of sp³-hybridized carbons (Fsp3) is 0.164. The molecular weight excluding hydrogens is 1210 g/mol. The van der Waals surface area contributed by atoms with E-state index < -0.39 is 195 Å². The van der Waals surface area contributed by atoms with Crippen LogP contribution < -0.4 is 31.2 Å². The lowest BCUT2D eigenvalue weighted by Gasteiger charge is -2.46. The lowest BCUT2D eigenvalue weighted by atomic mass is 9.12. The van der Waals surface area contributed by atoms with Gasteiger partial charge >= 0.3 is 55.3 Å². The van der Waals surface area contributed by atoms with Crippen LogP contribution in [0.15, 0.2) is 164 Å². The van der Waals surface area contributed by atoms with Crippen molar-refractivity contribution in [2.45, 2.75) is 56.0 Å². The molecule has 0 amide bonds. The van der Waals surface area contributed by atoms with E-state index in [9.17, 15) is 110 Å². The second kappa shape index (κ2) is 22.6. The molecule has 8 rings (SSSR count). The number of nitrogens with zero attached hydrogens (tertiary/aromatic N) is 1. The fourth-order valence-corrected chi connectivity index (χ4v) is 9.26. The molecule has 0 aliphatic carbocycles. The van der Waals surface area contributed by atoms with Crippen LogP contribution in [0.1, 0.15) is 54.9 Å². The van der Waals surface area contributed by atoms with Crippen molar-refractivity contribution < 1.29 is 119 Å². The maximum atomic E-state index is 14.2. The molecule has 0 aliphatic heterocycles. The third-order valence-electron chi connectivity index (χ3n) is 12.8. The van der Waals surface area contributed by atoms with Crippen LogP contribution in [-0.2, 0) is 56.0 Å². The van der Waals surface area contributed by atoms with Crippen molar-refractivity contribution in [3.8, 4) is 11.6 Å². The summed E-state index contributed by atoms with van der Waals surface area (Å²) >= 11 is 6.07. The van der Waals surface area contributed by atoms with Gasteiger partial charge in [-0.05, 0) is 54.6 Å². The molecule has 0 radical (unpaired) electrons. The Morgan fingerprint density at radius 2 is 0.690 bits per heavy atom. The number of aromatic nitrogens is 1. The number of pyridine rings is 1. The van der Waals surface area contributed by atoms with E-state index >= 15 is 0 Å². The van der Waals surface area contributed by atoms with Crippen molar-refractivity contribution in [2.24, 2.45) is 0 Å². The average Bonchev–Trinajstić information content (AvgIpc) is 0.833. The highest BCUT2D eigenvalue weighted by molar-refractivity contribution is 7.20. The van der Waals surface area contributed by atoms with Crippen LogP contribution in [0, 0.1) is 0 Å². The van der Waals surface area contributed by atoms with E-state index in [0.29, 0.717) is 22.2 Å². The first kappa shape index (κ1) is 63.7. The Kier molecular flexibility index (Phi) is 17.1. The average molecular weight is 1240 g/mol. The first-order valence-corrected chi connectivity index (χ1v) is 23.6. The Labute approximate surface area is 461 Å². The van der Waals surface area contributed by atoms with Gasteiger partial charge in [0, 0.05) is 22.0 Å². The number of carbonyl (C=O) groups excluding carboxylic acids is 1. The number of hydrogen-bond acceptors (Lipinski definition) is 2. The van der Waals surface area contributed by atoms with Crippen molar-refractivity contribution in [1.29, 1.82) is 0 Å². The van der Waals surface area contributed by atoms with E-state index in [1.165, 1.54) is 0 Å². The molecule has 7 aromatic carbocycles. The van der Waals surface area contributed by atoms with E-state index in [0.717, 1.165) is 10.9 Å². The molecule has 8 aromatic rings. The summed E-state index contributed by atoms with van der Waals surface area (Å²) in [5.41, 5.74) is -28.6. The summed E-state index contributed by atoms with van der Waals surface area (Å²) in [7, 11) is 0. The minimum Gasteiger partial charge on any atom is -0.405 e. The molecule has 0 unspecified atom stereocenters. The summed E-state index contributed by atoms with van der Waals surface area (Å²) in [5, 5.41) is 1.64. The lowest BCUT2D eigenvalue weighted by Crippen LogP contribution is -2.75. The number of benzene rings is 7. The van der Waals surface area contributed by atoms with E-state index in [1.807, 2.05) is 83.4 Å². The first-order chi connectivity index (χ1) is 38.5. The summed E-state index contributed by atoms with van der Waals surface area (Å²) < 4.78 is 349. The Hall–Kier alpha value is -7.91. The number of rotatable bonds is 9. The van der Waals surface area contributed by atoms with E-state index in [-0.39, 0.29) is 12.3 Å². The van der Waals surface area contributed by atoms with Gasteiger partial charge < -0.3 is 4.74 Å². The molecule has 0 aliphatic rings. The number of fused-ring (bicyclic) bond motifs is 1. The summed E-state index contributed by atoms with van der Waals surface area (Å²) in [4.78, 5) is 12.8. The second-order valence-electron chi connectivity index (χ2n) is 18.4. The van der Waals surface area contributed by atoms with E-state index in [2.05, 4.69) is 0 Å². The predicted molar refractivity (Wildman–Crippen MR) is 257 cm³/mol. The van der Waals surface area contributed by atoms with Crippen LogP contribution in [0.25, 0.3) is 10.9 Å². The van der Waals surface area contributed by atoms with E-state index in [4.69, 9.17) is 16.3 Å². The van der Waals surface area contributed by atoms with Crippen LogP contribution in [0.3, 0.4) is 0 Å². The highest BCUT2D eigenvalue weighted by atomic mass is 35.5. The number of ether oxygens (including phenoxy) is 1. The Bertz CT molecular complexity index is 3290. The topological polar surface area (TPSA) is 30.2 Å². The zero-order valence-electron chi connectivity index (χ0n) is 41.1. The number of hydrogen-bond donors (Lipinski definition) is 0. The molecule has 1 heterocycles. The fourth-order valence-electron chi connectivity index (χ4n) is 9.08. The first-order valence-electron chi connectivity index (χ1n) is 23.3. The molecule has 444 valence electrons. The van der Waals surface area contributed by atoms with Crippen LogP contribution in [0.4, 0.5) is 105 Å². The number of ketones is 1. The maximum Gasteiger partial charge on any atom is 0.416 e. The summed E-state index contributed by atoms with van der Waals surface area (Å²) in [6.45, 7) is 0.182. The minimum atomic E-state index is -6.13. The van der Waals surface area contributed by atoms with Crippen molar-refractivity contribution in [2.75, 3.05) is 0 Å². The van der Waals surface area contributed by atoms with Gasteiger partial charge in [0.05, 0.1) is 50.6 Å². The third-order valence-corrected chi connectivity index (χ3v) is 13.0.